The number of anilines is 1. The van der Waals surface area contributed by atoms with Gasteiger partial charge in [0.05, 0.1) is 26.1 Å². The summed E-state index contributed by atoms with van der Waals surface area (Å²) in [5.41, 5.74) is 1.27. The Balaban J connectivity index is 1.70. The van der Waals surface area contributed by atoms with Crippen LogP contribution in [0.15, 0.2) is 60.8 Å². The van der Waals surface area contributed by atoms with Crippen LogP contribution < -0.4 is 14.8 Å². The quantitative estimate of drug-likeness (QED) is 0.618. The Bertz CT molecular complexity index is 1000. The van der Waals surface area contributed by atoms with Crippen LogP contribution in [0.4, 0.5) is 5.69 Å². The maximum Gasteiger partial charge on any atom is 0.363 e. The molecule has 0 saturated carbocycles. The average molecular weight is 395 g/mol. The molecular formula is C21H21N3O5. The standard InChI is InChI=1S/C21H21N3O5/c1-14(20(25)22-15-8-7-11-17(12-15)27-2)29-21(26)19-18(28-3)13-24(23-19)16-9-5-4-6-10-16/h4-14H,1-3H3,(H,22,25)/t14-/m1/s1. The molecule has 2 aromatic carbocycles. The van der Waals surface area contributed by atoms with Crippen LogP contribution in [0, 0.1) is 0 Å². The van der Waals surface area contributed by atoms with Crippen LogP contribution in [0.1, 0.15) is 17.4 Å². The van der Waals surface area contributed by atoms with Gasteiger partial charge in [0.2, 0.25) is 5.69 Å². The molecule has 0 aliphatic rings. The van der Waals surface area contributed by atoms with Crippen LogP contribution in [0.2, 0.25) is 0 Å². The Morgan fingerprint density at radius 3 is 2.48 bits per heavy atom. The number of aromatic nitrogens is 2. The van der Waals surface area contributed by atoms with E-state index in [1.807, 2.05) is 30.3 Å². The van der Waals surface area contributed by atoms with Crippen molar-refractivity contribution in [2.75, 3.05) is 19.5 Å². The highest BCUT2D eigenvalue weighted by molar-refractivity contribution is 5.97. The molecule has 150 valence electrons. The Hall–Kier alpha value is -3.81. The lowest BCUT2D eigenvalue weighted by Crippen LogP contribution is -2.30. The summed E-state index contributed by atoms with van der Waals surface area (Å²) >= 11 is 0. The van der Waals surface area contributed by atoms with Gasteiger partial charge < -0.3 is 19.5 Å². The Labute approximate surface area is 168 Å². The van der Waals surface area contributed by atoms with Gasteiger partial charge in [-0.2, -0.15) is 5.10 Å². The maximum absolute atomic E-state index is 12.6. The molecule has 8 heteroatoms. The van der Waals surface area contributed by atoms with E-state index in [4.69, 9.17) is 14.2 Å². The first-order valence-electron chi connectivity index (χ1n) is 8.86. The average Bonchev–Trinajstić information content (AvgIpc) is 3.19. The molecule has 1 atom stereocenters. The van der Waals surface area contributed by atoms with Crippen molar-refractivity contribution in [3.63, 3.8) is 0 Å². The van der Waals surface area contributed by atoms with E-state index in [2.05, 4.69) is 10.4 Å². The molecule has 1 amide bonds. The van der Waals surface area contributed by atoms with Crippen molar-refractivity contribution in [2.45, 2.75) is 13.0 Å². The number of nitrogens with zero attached hydrogens (tertiary/aromatic N) is 2. The van der Waals surface area contributed by atoms with E-state index in [-0.39, 0.29) is 11.4 Å². The van der Waals surface area contributed by atoms with Crippen molar-refractivity contribution in [1.29, 1.82) is 0 Å². The molecule has 3 rings (SSSR count). The largest absolute Gasteiger partial charge is 0.497 e. The summed E-state index contributed by atoms with van der Waals surface area (Å²) in [5, 5.41) is 6.92. The minimum atomic E-state index is -1.04. The van der Waals surface area contributed by atoms with E-state index in [0.29, 0.717) is 11.4 Å². The third kappa shape index (κ3) is 4.73. The second kappa shape index (κ2) is 8.92. The van der Waals surface area contributed by atoms with Gasteiger partial charge >= 0.3 is 5.97 Å². The van der Waals surface area contributed by atoms with Crippen molar-refractivity contribution < 1.29 is 23.8 Å². The summed E-state index contributed by atoms with van der Waals surface area (Å²) in [7, 11) is 2.97. The third-order valence-corrected chi connectivity index (χ3v) is 4.10. The van der Waals surface area contributed by atoms with E-state index >= 15 is 0 Å². The maximum atomic E-state index is 12.6. The number of methoxy groups -OCH3 is 2. The van der Waals surface area contributed by atoms with Crippen LogP contribution in [0.5, 0.6) is 11.5 Å². The zero-order valence-electron chi connectivity index (χ0n) is 16.3. The number of carbonyl (C=O) groups excluding carboxylic acids is 2. The van der Waals surface area contributed by atoms with E-state index in [1.165, 1.54) is 25.8 Å². The number of amides is 1. The first-order chi connectivity index (χ1) is 14.0. The predicted octanol–water partition coefficient (Wildman–Crippen LogP) is 3.07. The number of esters is 1. The molecule has 0 aliphatic carbocycles. The molecule has 0 fully saturated rings. The van der Waals surface area contributed by atoms with Crippen LogP contribution in [0.3, 0.4) is 0 Å². The van der Waals surface area contributed by atoms with Crippen LogP contribution >= 0.6 is 0 Å². The molecule has 0 saturated heterocycles. The number of hydrogen-bond acceptors (Lipinski definition) is 6. The van der Waals surface area contributed by atoms with Crippen molar-refractivity contribution in [3.05, 3.63) is 66.5 Å². The summed E-state index contributed by atoms with van der Waals surface area (Å²) in [4.78, 5) is 24.9. The van der Waals surface area contributed by atoms with Crippen molar-refractivity contribution in [3.8, 4) is 17.2 Å². The molecule has 0 radical (unpaired) electrons. The minimum absolute atomic E-state index is 0.0163. The number of hydrogen-bond donors (Lipinski definition) is 1. The highest BCUT2D eigenvalue weighted by atomic mass is 16.6. The summed E-state index contributed by atoms with van der Waals surface area (Å²) in [6, 6.07) is 16.1. The predicted molar refractivity (Wildman–Crippen MR) is 107 cm³/mol. The molecule has 0 unspecified atom stereocenters. The van der Waals surface area contributed by atoms with Gasteiger partial charge in [0.1, 0.15) is 5.75 Å². The first kappa shape index (κ1) is 19.9. The molecule has 0 spiro atoms. The second-order valence-electron chi connectivity index (χ2n) is 6.09. The van der Waals surface area contributed by atoms with Gasteiger partial charge in [-0.1, -0.05) is 24.3 Å². The smallest absolute Gasteiger partial charge is 0.363 e. The number of benzene rings is 2. The van der Waals surface area contributed by atoms with Gasteiger partial charge in [0.15, 0.2) is 11.9 Å². The lowest BCUT2D eigenvalue weighted by atomic mass is 10.3. The van der Waals surface area contributed by atoms with Gasteiger partial charge in [0.25, 0.3) is 5.91 Å². The van der Waals surface area contributed by atoms with Crippen molar-refractivity contribution in [2.24, 2.45) is 0 Å². The number of carbonyl (C=O) groups is 2. The molecule has 0 bridgehead atoms. The van der Waals surface area contributed by atoms with Gasteiger partial charge in [0, 0.05) is 11.8 Å². The molecule has 8 nitrogen and oxygen atoms in total. The molecule has 1 aromatic heterocycles. The second-order valence-corrected chi connectivity index (χ2v) is 6.09. The van der Waals surface area contributed by atoms with E-state index in [1.54, 1.807) is 30.5 Å². The Morgan fingerprint density at radius 2 is 1.79 bits per heavy atom. The summed E-state index contributed by atoms with van der Waals surface area (Å²) < 4.78 is 17.1. The molecule has 1 N–H and O–H groups in total. The fourth-order valence-corrected chi connectivity index (χ4v) is 2.58. The highest BCUT2D eigenvalue weighted by Crippen LogP contribution is 2.21. The number of ether oxygens (including phenoxy) is 3. The van der Waals surface area contributed by atoms with Crippen LogP contribution in [0.25, 0.3) is 5.69 Å². The number of para-hydroxylation sites is 1. The Kier molecular flexibility index (Phi) is 6.13. The summed E-state index contributed by atoms with van der Waals surface area (Å²) in [5.74, 6) is -0.388. The molecule has 29 heavy (non-hydrogen) atoms. The van der Waals surface area contributed by atoms with Gasteiger partial charge in [-0.15, -0.1) is 0 Å². The summed E-state index contributed by atoms with van der Waals surface area (Å²) in [6.45, 7) is 1.48. The van der Waals surface area contributed by atoms with Crippen molar-refractivity contribution in [1.82, 2.24) is 9.78 Å². The Morgan fingerprint density at radius 1 is 1.03 bits per heavy atom. The molecular weight excluding hydrogens is 374 g/mol. The minimum Gasteiger partial charge on any atom is -0.497 e. The zero-order chi connectivity index (χ0) is 20.8. The lowest BCUT2D eigenvalue weighted by molar-refractivity contribution is -0.123. The number of rotatable bonds is 7. The molecule has 0 aliphatic heterocycles. The lowest BCUT2D eigenvalue weighted by Gasteiger charge is -2.13. The number of nitrogens with one attached hydrogen (secondary N) is 1. The van der Waals surface area contributed by atoms with Crippen molar-refractivity contribution >= 4 is 17.6 Å². The van der Waals surface area contributed by atoms with Crippen LogP contribution in [-0.4, -0.2) is 42.0 Å². The fraction of sp³-hybridized carbons (Fsp3) is 0.190. The fourth-order valence-electron chi connectivity index (χ4n) is 2.58. The third-order valence-electron chi connectivity index (χ3n) is 4.10. The molecule has 1 heterocycles. The SMILES string of the molecule is COc1cccc(NC(=O)[C@@H](C)OC(=O)c2nn(-c3ccccc3)cc2OC)c1. The topological polar surface area (TPSA) is 91.7 Å². The summed E-state index contributed by atoms with van der Waals surface area (Å²) in [6.07, 6.45) is 0.535. The van der Waals surface area contributed by atoms with E-state index < -0.39 is 18.0 Å². The van der Waals surface area contributed by atoms with Gasteiger partial charge in [-0.3, -0.25) is 4.79 Å². The van der Waals surface area contributed by atoms with Gasteiger partial charge in [-0.05, 0) is 31.2 Å². The normalized spacial score (nSPS) is 11.4. The zero-order valence-corrected chi connectivity index (χ0v) is 16.3. The monoisotopic (exact) mass is 395 g/mol. The van der Waals surface area contributed by atoms with E-state index in [9.17, 15) is 9.59 Å². The first-order valence-corrected chi connectivity index (χ1v) is 8.86. The highest BCUT2D eigenvalue weighted by Gasteiger charge is 2.25. The van der Waals surface area contributed by atoms with E-state index in [0.717, 1.165) is 5.69 Å². The molecule has 3 aromatic rings. The van der Waals surface area contributed by atoms with Crippen LogP contribution in [-0.2, 0) is 9.53 Å². The van der Waals surface area contributed by atoms with Gasteiger partial charge in [-0.25, -0.2) is 9.48 Å².